The summed E-state index contributed by atoms with van der Waals surface area (Å²) in [6, 6.07) is 11.1. The second kappa shape index (κ2) is 10.8. The summed E-state index contributed by atoms with van der Waals surface area (Å²) in [5, 5.41) is 6.91. The van der Waals surface area contributed by atoms with Crippen molar-refractivity contribution in [2.45, 2.75) is 57.9 Å². The van der Waals surface area contributed by atoms with Crippen LogP contribution in [0.15, 0.2) is 35.3 Å². The number of nitrogens with zero attached hydrogens (tertiary/aromatic N) is 2. The van der Waals surface area contributed by atoms with E-state index in [1.54, 1.807) is 0 Å². The van der Waals surface area contributed by atoms with Gasteiger partial charge in [-0.05, 0) is 52.6 Å². The molecule has 0 bridgehead atoms. The molecule has 1 fully saturated rings. The van der Waals surface area contributed by atoms with Crippen LogP contribution >= 0.6 is 0 Å². The highest BCUT2D eigenvalue weighted by Gasteiger charge is 2.21. The largest absolute Gasteiger partial charge is 0.357 e. The Bertz CT molecular complexity index is 612. The summed E-state index contributed by atoms with van der Waals surface area (Å²) in [5.41, 5.74) is 1.36. The van der Waals surface area contributed by atoms with E-state index >= 15 is 0 Å². The maximum absolute atomic E-state index is 12.2. The van der Waals surface area contributed by atoms with Crippen molar-refractivity contribution in [2.75, 3.05) is 31.9 Å². The van der Waals surface area contributed by atoms with Gasteiger partial charge in [-0.1, -0.05) is 30.3 Å². The van der Waals surface area contributed by atoms with E-state index in [9.17, 15) is 4.21 Å². The van der Waals surface area contributed by atoms with Gasteiger partial charge < -0.3 is 10.6 Å². The zero-order valence-electron chi connectivity index (χ0n) is 17.3. The number of aliphatic imine (C=N–C) groups is 1. The molecule has 0 radical (unpaired) electrons. The van der Waals surface area contributed by atoms with Crippen molar-refractivity contribution < 1.29 is 4.21 Å². The molecule has 152 valence electrons. The lowest BCUT2D eigenvalue weighted by Crippen LogP contribution is -2.51. The van der Waals surface area contributed by atoms with E-state index in [1.807, 2.05) is 20.8 Å². The van der Waals surface area contributed by atoms with Crippen molar-refractivity contribution in [1.82, 2.24) is 15.5 Å². The van der Waals surface area contributed by atoms with Gasteiger partial charge in [0.25, 0.3) is 0 Å². The molecule has 2 unspecified atom stereocenters. The molecule has 0 aromatic heterocycles. The van der Waals surface area contributed by atoms with Gasteiger partial charge in [-0.15, -0.1) is 0 Å². The maximum Gasteiger partial charge on any atom is 0.191 e. The molecule has 1 heterocycles. The third-order valence-electron chi connectivity index (χ3n) is 4.67. The fraction of sp³-hybridized carbons (Fsp3) is 0.667. The smallest absolute Gasteiger partial charge is 0.191 e. The van der Waals surface area contributed by atoms with Gasteiger partial charge in [0.15, 0.2) is 5.96 Å². The number of piperidine rings is 1. The Morgan fingerprint density at radius 3 is 2.70 bits per heavy atom. The van der Waals surface area contributed by atoms with Crippen LogP contribution in [-0.4, -0.2) is 57.8 Å². The van der Waals surface area contributed by atoms with Gasteiger partial charge in [-0.25, -0.2) is 0 Å². The molecule has 0 spiro atoms. The summed E-state index contributed by atoms with van der Waals surface area (Å²) in [7, 11) is -0.864. The second-order valence-electron chi connectivity index (χ2n) is 8.13. The zero-order valence-corrected chi connectivity index (χ0v) is 18.1. The number of guanidine groups is 1. The van der Waals surface area contributed by atoms with E-state index in [-0.39, 0.29) is 4.75 Å². The molecule has 1 aromatic rings. The maximum atomic E-state index is 12.2. The zero-order chi connectivity index (χ0) is 19.7. The van der Waals surface area contributed by atoms with Crippen LogP contribution in [0.5, 0.6) is 0 Å². The minimum Gasteiger partial charge on any atom is -0.357 e. The van der Waals surface area contributed by atoms with Crippen molar-refractivity contribution >= 4 is 16.8 Å². The highest BCUT2D eigenvalue weighted by Crippen LogP contribution is 2.14. The number of hydrogen-bond donors (Lipinski definition) is 2. The quantitative estimate of drug-likeness (QED) is 0.553. The summed E-state index contributed by atoms with van der Waals surface area (Å²) >= 11 is 0. The highest BCUT2D eigenvalue weighted by atomic mass is 32.2. The van der Waals surface area contributed by atoms with Crippen LogP contribution in [0, 0.1) is 0 Å². The van der Waals surface area contributed by atoms with Crippen molar-refractivity contribution in [2.24, 2.45) is 4.99 Å². The standard InChI is InChI=1S/C21H36N4OS/c1-5-22-20(23-13-15-27(26)21(2,3)4)24-19-12-9-14-25(17-19)16-18-10-7-6-8-11-18/h6-8,10-11,19H,5,9,12-17H2,1-4H3,(H2,22,23,24). The van der Waals surface area contributed by atoms with Crippen LogP contribution < -0.4 is 10.6 Å². The monoisotopic (exact) mass is 392 g/mol. The van der Waals surface area contributed by atoms with Gasteiger partial charge >= 0.3 is 0 Å². The average Bonchev–Trinajstić information content (AvgIpc) is 2.62. The van der Waals surface area contributed by atoms with Gasteiger partial charge in [0.1, 0.15) is 0 Å². The van der Waals surface area contributed by atoms with Gasteiger partial charge in [0, 0.05) is 47.0 Å². The van der Waals surface area contributed by atoms with Crippen molar-refractivity contribution in [1.29, 1.82) is 0 Å². The van der Waals surface area contributed by atoms with Crippen molar-refractivity contribution in [3.63, 3.8) is 0 Å². The summed E-state index contributed by atoms with van der Waals surface area (Å²) in [5.74, 6) is 1.44. The minimum absolute atomic E-state index is 0.178. The Morgan fingerprint density at radius 2 is 2.04 bits per heavy atom. The van der Waals surface area contributed by atoms with Gasteiger partial charge in [-0.3, -0.25) is 14.1 Å². The normalized spacial score (nSPS) is 20.3. The Balaban J connectivity index is 1.86. The topological polar surface area (TPSA) is 56.7 Å². The van der Waals surface area contributed by atoms with E-state index in [1.165, 1.54) is 12.0 Å². The van der Waals surface area contributed by atoms with Crippen LogP contribution in [0.3, 0.4) is 0 Å². The lowest BCUT2D eigenvalue weighted by molar-refractivity contribution is 0.192. The molecule has 1 saturated heterocycles. The first-order valence-corrected chi connectivity index (χ1v) is 11.4. The number of benzene rings is 1. The molecule has 2 atom stereocenters. The van der Waals surface area contributed by atoms with E-state index in [0.29, 0.717) is 18.3 Å². The molecule has 0 amide bonds. The first-order chi connectivity index (χ1) is 12.9. The molecule has 27 heavy (non-hydrogen) atoms. The van der Waals surface area contributed by atoms with Crippen LogP contribution in [0.25, 0.3) is 0 Å². The third-order valence-corrected chi connectivity index (χ3v) is 6.59. The molecule has 6 heteroatoms. The fourth-order valence-corrected chi connectivity index (χ4v) is 4.09. The van der Waals surface area contributed by atoms with Crippen molar-refractivity contribution in [3.05, 3.63) is 35.9 Å². The van der Waals surface area contributed by atoms with E-state index in [0.717, 1.165) is 38.6 Å². The SMILES string of the molecule is CCNC(=NCCS(=O)C(C)(C)C)NC1CCCN(Cc2ccccc2)C1. The van der Waals surface area contributed by atoms with E-state index in [2.05, 4.69) is 57.8 Å². The summed E-state index contributed by atoms with van der Waals surface area (Å²) in [6.07, 6.45) is 2.35. The summed E-state index contributed by atoms with van der Waals surface area (Å²) in [4.78, 5) is 7.16. The number of rotatable bonds is 7. The lowest BCUT2D eigenvalue weighted by Gasteiger charge is -2.34. The minimum atomic E-state index is -0.864. The Hall–Kier alpha value is -1.40. The predicted octanol–water partition coefficient (Wildman–Crippen LogP) is 2.75. The lowest BCUT2D eigenvalue weighted by atomic mass is 10.0. The van der Waals surface area contributed by atoms with Crippen molar-refractivity contribution in [3.8, 4) is 0 Å². The average molecular weight is 393 g/mol. The molecule has 2 N–H and O–H groups in total. The second-order valence-corrected chi connectivity index (χ2v) is 10.5. The fourth-order valence-electron chi connectivity index (χ4n) is 3.22. The molecule has 2 rings (SSSR count). The molecule has 1 aliphatic rings. The van der Waals surface area contributed by atoms with E-state index < -0.39 is 10.8 Å². The highest BCUT2D eigenvalue weighted by molar-refractivity contribution is 7.86. The first-order valence-electron chi connectivity index (χ1n) is 10.1. The van der Waals surface area contributed by atoms with E-state index in [4.69, 9.17) is 0 Å². The molecule has 1 aliphatic heterocycles. The molecule has 0 saturated carbocycles. The Kier molecular flexibility index (Phi) is 8.77. The molecule has 1 aromatic carbocycles. The van der Waals surface area contributed by atoms with Crippen LogP contribution in [0.2, 0.25) is 0 Å². The van der Waals surface area contributed by atoms with Gasteiger partial charge in [-0.2, -0.15) is 0 Å². The number of likely N-dealkylation sites (tertiary alicyclic amines) is 1. The number of nitrogens with one attached hydrogen (secondary N) is 2. The van der Waals surface area contributed by atoms with Gasteiger partial charge in [0.05, 0.1) is 6.54 Å². The molecule has 5 nitrogen and oxygen atoms in total. The van der Waals surface area contributed by atoms with Crippen LogP contribution in [0.4, 0.5) is 0 Å². The first kappa shape index (κ1) is 21.9. The number of hydrogen-bond acceptors (Lipinski definition) is 3. The third kappa shape index (κ3) is 8.01. The van der Waals surface area contributed by atoms with Crippen LogP contribution in [0.1, 0.15) is 46.1 Å². The van der Waals surface area contributed by atoms with Crippen LogP contribution in [-0.2, 0) is 17.3 Å². The van der Waals surface area contributed by atoms with Gasteiger partial charge in [0.2, 0.25) is 0 Å². The molecular weight excluding hydrogens is 356 g/mol. The summed E-state index contributed by atoms with van der Waals surface area (Å²) < 4.78 is 12.0. The molecular formula is C21H36N4OS. The summed E-state index contributed by atoms with van der Waals surface area (Å²) in [6.45, 7) is 12.7. The Labute approximate surface area is 167 Å². The predicted molar refractivity (Wildman–Crippen MR) is 117 cm³/mol. The Morgan fingerprint density at radius 1 is 1.30 bits per heavy atom. The molecule has 0 aliphatic carbocycles.